The Labute approximate surface area is 132 Å². The van der Waals surface area contributed by atoms with E-state index in [-0.39, 0.29) is 0 Å². The standard InChI is InChI=1S/C17H27BrN2/c1-4-9-19-13(3)16-11-15(18)6-7-17(16)20-10-8-14(5-2)12-20/h6-7,11,13-14,19H,4-5,8-10,12H2,1-3H3. The molecule has 0 spiro atoms. The minimum atomic E-state index is 0.406. The third-order valence-electron chi connectivity index (χ3n) is 4.36. The Kier molecular flexibility index (Phi) is 5.91. The fourth-order valence-electron chi connectivity index (χ4n) is 3.02. The quantitative estimate of drug-likeness (QED) is 0.805. The van der Waals surface area contributed by atoms with E-state index in [2.05, 4.69) is 65.1 Å². The Morgan fingerprint density at radius 3 is 2.85 bits per heavy atom. The van der Waals surface area contributed by atoms with Gasteiger partial charge < -0.3 is 10.2 Å². The van der Waals surface area contributed by atoms with Gasteiger partial charge in [-0.3, -0.25) is 0 Å². The van der Waals surface area contributed by atoms with Gasteiger partial charge in [0.25, 0.3) is 0 Å². The van der Waals surface area contributed by atoms with Crippen LogP contribution in [-0.4, -0.2) is 19.6 Å². The Bertz CT molecular complexity index is 433. The topological polar surface area (TPSA) is 15.3 Å². The van der Waals surface area contributed by atoms with E-state index in [9.17, 15) is 0 Å². The fourth-order valence-corrected chi connectivity index (χ4v) is 3.39. The van der Waals surface area contributed by atoms with E-state index in [4.69, 9.17) is 0 Å². The molecule has 1 N–H and O–H groups in total. The zero-order chi connectivity index (χ0) is 14.5. The molecule has 1 aromatic carbocycles. The summed E-state index contributed by atoms with van der Waals surface area (Å²) in [5.41, 5.74) is 2.84. The average molecular weight is 339 g/mol. The SMILES string of the molecule is CCCNC(C)c1cc(Br)ccc1N1CCC(CC)C1. The smallest absolute Gasteiger partial charge is 0.0415 e. The largest absolute Gasteiger partial charge is 0.371 e. The minimum Gasteiger partial charge on any atom is -0.371 e. The van der Waals surface area contributed by atoms with Crippen LogP contribution in [0.25, 0.3) is 0 Å². The molecule has 0 bridgehead atoms. The summed E-state index contributed by atoms with van der Waals surface area (Å²) in [7, 11) is 0. The van der Waals surface area contributed by atoms with E-state index >= 15 is 0 Å². The van der Waals surface area contributed by atoms with Crippen molar-refractivity contribution in [3.63, 3.8) is 0 Å². The summed E-state index contributed by atoms with van der Waals surface area (Å²) in [6.45, 7) is 10.3. The van der Waals surface area contributed by atoms with Crippen LogP contribution >= 0.6 is 15.9 Å². The molecule has 0 aliphatic carbocycles. The second-order valence-electron chi connectivity index (χ2n) is 5.89. The summed E-state index contributed by atoms with van der Waals surface area (Å²) in [5, 5.41) is 3.62. The molecular weight excluding hydrogens is 312 g/mol. The number of halogens is 1. The second-order valence-corrected chi connectivity index (χ2v) is 6.80. The van der Waals surface area contributed by atoms with Crippen molar-refractivity contribution in [1.82, 2.24) is 5.32 Å². The van der Waals surface area contributed by atoms with E-state index in [0.29, 0.717) is 6.04 Å². The summed E-state index contributed by atoms with van der Waals surface area (Å²) in [6.07, 6.45) is 3.81. The molecule has 20 heavy (non-hydrogen) atoms. The van der Waals surface area contributed by atoms with E-state index < -0.39 is 0 Å². The highest BCUT2D eigenvalue weighted by Gasteiger charge is 2.24. The lowest BCUT2D eigenvalue weighted by molar-refractivity contribution is 0.563. The Morgan fingerprint density at radius 2 is 2.20 bits per heavy atom. The third-order valence-corrected chi connectivity index (χ3v) is 4.85. The molecule has 1 heterocycles. The molecule has 112 valence electrons. The fraction of sp³-hybridized carbons (Fsp3) is 0.647. The molecule has 0 amide bonds. The predicted octanol–water partition coefficient (Wildman–Crippen LogP) is 4.75. The van der Waals surface area contributed by atoms with Gasteiger partial charge >= 0.3 is 0 Å². The zero-order valence-electron chi connectivity index (χ0n) is 13.0. The minimum absolute atomic E-state index is 0.406. The number of hydrogen-bond donors (Lipinski definition) is 1. The van der Waals surface area contributed by atoms with Crippen molar-refractivity contribution in [1.29, 1.82) is 0 Å². The van der Waals surface area contributed by atoms with Crippen molar-refractivity contribution in [2.45, 2.75) is 46.1 Å². The first-order valence-corrected chi connectivity index (χ1v) is 8.72. The highest BCUT2D eigenvalue weighted by molar-refractivity contribution is 9.10. The maximum Gasteiger partial charge on any atom is 0.0415 e. The molecular formula is C17H27BrN2. The number of nitrogens with one attached hydrogen (secondary N) is 1. The maximum atomic E-state index is 3.62. The molecule has 1 fully saturated rings. The van der Waals surface area contributed by atoms with Gasteiger partial charge in [0.2, 0.25) is 0 Å². The van der Waals surface area contributed by atoms with Crippen molar-refractivity contribution in [2.24, 2.45) is 5.92 Å². The van der Waals surface area contributed by atoms with Crippen molar-refractivity contribution in [3.8, 4) is 0 Å². The predicted molar refractivity (Wildman–Crippen MR) is 91.5 cm³/mol. The normalized spacial score (nSPS) is 20.4. The molecule has 2 atom stereocenters. The molecule has 2 rings (SSSR count). The molecule has 1 aliphatic rings. The molecule has 2 nitrogen and oxygen atoms in total. The van der Waals surface area contributed by atoms with E-state index in [1.54, 1.807) is 0 Å². The van der Waals surface area contributed by atoms with E-state index in [1.807, 2.05) is 0 Å². The van der Waals surface area contributed by atoms with Crippen molar-refractivity contribution >= 4 is 21.6 Å². The van der Waals surface area contributed by atoms with Crippen LogP contribution in [0, 0.1) is 5.92 Å². The Balaban J connectivity index is 2.19. The summed E-state index contributed by atoms with van der Waals surface area (Å²) in [4.78, 5) is 2.57. The van der Waals surface area contributed by atoms with Crippen LogP contribution in [0.15, 0.2) is 22.7 Å². The van der Waals surface area contributed by atoms with Crippen LogP contribution in [0.2, 0.25) is 0 Å². The lowest BCUT2D eigenvalue weighted by atomic mass is 10.0. The number of nitrogens with zero attached hydrogens (tertiary/aromatic N) is 1. The summed E-state index contributed by atoms with van der Waals surface area (Å²) in [5.74, 6) is 0.866. The molecule has 3 heteroatoms. The lowest BCUT2D eigenvalue weighted by Gasteiger charge is -2.26. The van der Waals surface area contributed by atoms with Crippen molar-refractivity contribution in [3.05, 3.63) is 28.2 Å². The van der Waals surface area contributed by atoms with Crippen LogP contribution in [-0.2, 0) is 0 Å². The number of benzene rings is 1. The lowest BCUT2D eigenvalue weighted by Crippen LogP contribution is -2.25. The summed E-state index contributed by atoms with van der Waals surface area (Å²) < 4.78 is 1.17. The highest BCUT2D eigenvalue weighted by atomic mass is 79.9. The average Bonchev–Trinajstić information content (AvgIpc) is 2.93. The van der Waals surface area contributed by atoms with Gasteiger partial charge in [-0.25, -0.2) is 0 Å². The van der Waals surface area contributed by atoms with Gasteiger partial charge in [-0.1, -0.05) is 36.2 Å². The molecule has 0 aromatic heterocycles. The van der Waals surface area contributed by atoms with Crippen LogP contribution in [0.5, 0.6) is 0 Å². The van der Waals surface area contributed by atoms with Gasteiger partial charge in [-0.05, 0) is 56.0 Å². The highest BCUT2D eigenvalue weighted by Crippen LogP contribution is 2.33. The zero-order valence-corrected chi connectivity index (χ0v) is 14.5. The van der Waals surface area contributed by atoms with Crippen LogP contribution in [0.1, 0.15) is 51.6 Å². The van der Waals surface area contributed by atoms with E-state index in [1.165, 1.54) is 48.1 Å². The number of anilines is 1. The van der Waals surface area contributed by atoms with Crippen LogP contribution in [0.3, 0.4) is 0 Å². The molecule has 2 unspecified atom stereocenters. The number of hydrogen-bond acceptors (Lipinski definition) is 2. The van der Waals surface area contributed by atoms with Crippen molar-refractivity contribution < 1.29 is 0 Å². The summed E-state index contributed by atoms with van der Waals surface area (Å²) >= 11 is 3.62. The molecule has 0 radical (unpaired) electrons. The first kappa shape index (κ1) is 15.8. The maximum absolute atomic E-state index is 3.62. The molecule has 1 aliphatic heterocycles. The third kappa shape index (κ3) is 3.76. The molecule has 0 saturated carbocycles. The van der Waals surface area contributed by atoms with Crippen LogP contribution < -0.4 is 10.2 Å². The van der Waals surface area contributed by atoms with Crippen LogP contribution in [0.4, 0.5) is 5.69 Å². The molecule has 1 saturated heterocycles. The first-order chi connectivity index (χ1) is 9.65. The summed E-state index contributed by atoms with van der Waals surface area (Å²) in [6, 6.07) is 7.14. The second kappa shape index (κ2) is 7.46. The Morgan fingerprint density at radius 1 is 1.40 bits per heavy atom. The first-order valence-electron chi connectivity index (χ1n) is 7.93. The van der Waals surface area contributed by atoms with Crippen molar-refractivity contribution in [2.75, 3.05) is 24.5 Å². The van der Waals surface area contributed by atoms with Gasteiger partial charge in [-0.15, -0.1) is 0 Å². The monoisotopic (exact) mass is 338 g/mol. The number of rotatable bonds is 6. The molecule has 1 aromatic rings. The van der Waals surface area contributed by atoms with Gasteiger partial charge in [0, 0.05) is 29.3 Å². The van der Waals surface area contributed by atoms with Gasteiger partial charge in [-0.2, -0.15) is 0 Å². The van der Waals surface area contributed by atoms with E-state index in [0.717, 1.165) is 12.5 Å². The van der Waals surface area contributed by atoms with Gasteiger partial charge in [0.1, 0.15) is 0 Å². The van der Waals surface area contributed by atoms with Gasteiger partial charge in [0.05, 0.1) is 0 Å². The van der Waals surface area contributed by atoms with Gasteiger partial charge in [0.15, 0.2) is 0 Å². The Hall–Kier alpha value is -0.540.